The van der Waals surface area contributed by atoms with Gasteiger partial charge in [-0.2, -0.15) is 0 Å². The monoisotopic (exact) mass is 298 g/mol. The zero-order chi connectivity index (χ0) is 13.9. The number of nitrogens with zero attached hydrogens (tertiary/aromatic N) is 1. The Morgan fingerprint density at radius 3 is 2.58 bits per heavy atom. The molecule has 104 valence electrons. The molecule has 6 heteroatoms. The lowest BCUT2D eigenvalue weighted by Gasteiger charge is -2.05. The van der Waals surface area contributed by atoms with Gasteiger partial charge in [0.1, 0.15) is 0 Å². The Hall–Kier alpha value is -1.01. The maximum Gasteiger partial charge on any atom is 0.175 e. The summed E-state index contributed by atoms with van der Waals surface area (Å²) in [5.41, 5.74) is 1.02. The maximum absolute atomic E-state index is 11.3. The summed E-state index contributed by atoms with van der Waals surface area (Å²) in [6, 6.07) is 7.43. The summed E-state index contributed by atoms with van der Waals surface area (Å²) in [4.78, 5) is 4.85. The minimum absolute atomic E-state index is 0.350. The molecule has 2 rings (SSSR count). The van der Waals surface area contributed by atoms with Gasteiger partial charge in [-0.1, -0.05) is 30.8 Å². The topological polar surface area (TPSA) is 58.5 Å². The van der Waals surface area contributed by atoms with Crippen LogP contribution in [-0.2, 0) is 16.4 Å². The first-order chi connectivity index (χ1) is 8.99. The molecule has 1 aliphatic heterocycles. The number of nitrogens with one attached hydrogen (secondary N) is 1. The molecule has 0 saturated carbocycles. The maximum atomic E-state index is 11.3. The van der Waals surface area contributed by atoms with E-state index in [0.717, 1.165) is 22.9 Å². The molecule has 0 spiro atoms. The molecule has 1 aromatic rings. The van der Waals surface area contributed by atoms with Gasteiger partial charge < -0.3 is 5.32 Å². The number of benzene rings is 1. The van der Waals surface area contributed by atoms with E-state index in [2.05, 4.69) is 17.2 Å². The molecule has 0 aromatic heterocycles. The Balaban J connectivity index is 1.99. The van der Waals surface area contributed by atoms with Crippen molar-refractivity contribution in [3.05, 3.63) is 29.8 Å². The van der Waals surface area contributed by atoms with E-state index in [4.69, 9.17) is 0 Å². The standard InChI is InChI=1S/C13H18N2O2S2/c1-3-11-9-18-13(15-11)14-8-10-4-6-12(7-5-10)19(2,16)17/h4-7,11H,3,8-9H2,1-2H3,(H,14,15). The molecule has 1 atom stereocenters. The van der Waals surface area contributed by atoms with E-state index in [-0.39, 0.29) is 0 Å². The van der Waals surface area contributed by atoms with Crippen LogP contribution in [0.2, 0.25) is 0 Å². The molecular weight excluding hydrogens is 280 g/mol. The molecule has 4 nitrogen and oxygen atoms in total. The van der Waals surface area contributed by atoms with Crippen LogP contribution in [-0.4, -0.2) is 31.6 Å². The van der Waals surface area contributed by atoms with Crippen molar-refractivity contribution in [1.82, 2.24) is 5.32 Å². The molecule has 0 radical (unpaired) electrons. The smallest absolute Gasteiger partial charge is 0.175 e. The van der Waals surface area contributed by atoms with Gasteiger partial charge >= 0.3 is 0 Å². The second-order valence-electron chi connectivity index (χ2n) is 4.60. The van der Waals surface area contributed by atoms with Crippen molar-refractivity contribution >= 4 is 26.8 Å². The molecule has 1 unspecified atom stereocenters. The molecule has 1 fully saturated rings. The van der Waals surface area contributed by atoms with Crippen LogP contribution in [0.25, 0.3) is 0 Å². The first-order valence-electron chi connectivity index (χ1n) is 6.22. The van der Waals surface area contributed by atoms with Crippen LogP contribution in [0.3, 0.4) is 0 Å². The number of thioether (sulfide) groups is 1. The number of sulfone groups is 1. The first kappa shape index (κ1) is 14.4. The fraction of sp³-hybridized carbons (Fsp3) is 0.462. The Morgan fingerprint density at radius 1 is 1.37 bits per heavy atom. The highest BCUT2D eigenvalue weighted by Crippen LogP contribution is 2.17. The summed E-state index contributed by atoms with van der Waals surface area (Å²) in [6.07, 6.45) is 2.32. The molecule has 1 aromatic carbocycles. The Kier molecular flexibility index (Phi) is 4.52. The summed E-state index contributed by atoms with van der Waals surface area (Å²) in [6.45, 7) is 2.74. The van der Waals surface area contributed by atoms with Crippen molar-refractivity contribution in [2.45, 2.75) is 30.8 Å². The van der Waals surface area contributed by atoms with Gasteiger partial charge in [0.25, 0.3) is 0 Å². The SMILES string of the molecule is CCC1CSC(=NCc2ccc(S(C)(=O)=O)cc2)N1. The van der Waals surface area contributed by atoms with Gasteiger partial charge in [-0.15, -0.1) is 0 Å². The third-order valence-electron chi connectivity index (χ3n) is 3.00. The van der Waals surface area contributed by atoms with Crippen molar-refractivity contribution in [2.75, 3.05) is 12.0 Å². The van der Waals surface area contributed by atoms with E-state index in [1.165, 1.54) is 6.26 Å². The van der Waals surface area contributed by atoms with Crippen molar-refractivity contribution in [1.29, 1.82) is 0 Å². The number of hydrogen-bond donors (Lipinski definition) is 1. The van der Waals surface area contributed by atoms with Gasteiger partial charge in [0.2, 0.25) is 0 Å². The summed E-state index contributed by atoms with van der Waals surface area (Å²) >= 11 is 1.74. The van der Waals surface area contributed by atoms with Gasteiger partial charge in [0.05, 0.1) is 11.4 Å². The van der Waals surface area contributed by atoms with Crippen LogP contribution < -0.4 is 5.32 Å². The first-order valence-corrected chi connectivity index (χ1v) is 9.09. The van der Waals surface area contributed by atoms with Gasteiger partial charge in [-0.05, 0) is 24.1 Å². The summed E-state index contributed by atoms with van der Waals surface area (Å²) < 4.78 is 22.7. The van der Waals surface area contributed by atoms with Crippen LogP contribution in [0.5, 0.6) is 0 Å². The number of rotatable bonds is 4. The Bertz CT molecular complexity index is 565. The van der Waals surface area contributed by atoms with Crippen LogP contribution in [0.15, 0.2) is 34.2 Å². The van der Waals surface area contributed by atoms with Crippen molar-refractivity contribution < 1.29 is 8.42 Å². The average Bonchev–Trinajstić information content (AvgIpc) is 2.84. The lowest BCUT2D eigenvalue weighted by atomic mass is 10.2. The van der Waals surface area contributed by atoms with Crippen LogP contribution in [0, 0.1) is 0 Å². The zero-order valence-corrected chi connectivity index (χ0v) is 12.7. The third-order valence-corrected chi connectivity index (χ3v) is 5.22. The molecule has 0 aliphatic carbocycles. The van der Waals surface area contributed by atoms with E-state index in [9.17, 15) is 8.42 Å². The lowest BCUT2D eigenvalue weighted by Crippen LogP contribution is -2.25. The summed E-state index contributed by atoms with van der Waals surface area (Å²) in [5, 5.41) is 4.35. The fourth-order valence-electron chi connectivity index (χ4n) is 1.75. The van der Waals surface area contributed by atoms with Gasteiger partial charge in [-0.25, -0.2) is 8.42 Å². The zero-order valence-electron chi connectivity index (χ0n) is 11.1. The predicted octanol–water partition coefficient (Wildman–Crippen LogP) is 2.06. The Labute approximate surface area is 118 Å². The molecule has 0 bridgehead atoms. The van der Waals surface area contributed by atoms with E-state index in [1.54, 1.807) is 23.9 Å². The highest BCUT2D eigenvalue weighted by Gasteiger charge is 2.17. The highest BCUT2D eigenvalue weighted by molar-refractivity contribution is 8.14. The van der Waals surface area contributed by atoms with E-state index < -0.39 is 9.84 Å². The van der Waals surface area contributed by atoms with Gasteiger partial charge in [0.15, 0.2) is 15.0 Å². The van der Waals surface area contributed by atoms with Crippen molar-refractivity contribution in [2.24, 2.45) is 4.99 Å². The molecular formula is C13H18N2O2S2. The van der Waals surface area contributed by atoms with Crippen molar-refractivity contribution in [3.8, 4) is 0 Å². The number of hydrogen-bond acceptors (Lipinski definition) is 4. The molecule has 19 heavy (non-hydrogen) atoms. The lowest BCUT2D eigenvalue weighted by molar-refractivity contribution is 0.602. The predicted molar refractivity (Wildman–Crippen MR) is 80.4 cm³/mol. The summed E-state index contributed by atoms with van der Waals surface area (Å²) in [5.74, 6) is 1.07. The fourth-order valence-corrected chi connectivity index (χ4v) is 3.47. The minimum atomic E-state index is -3.11. The largest absolute Gasteiger partial charge is 0.361 e. The minimum Gasteiger partial charge on any atom is -0.361 e. The molecule has 0 amide bonds. The number of aliphatic imine (C=N–C) groups is 1. The second-order valence-corrected chi connectivity index (χ2v) is 7.62. The molecule has 1 heterocycles. The summed E-state index contributed by atoms with van der Waals surface area (Å²) in [7, 11) is -3.11. The quantitative estimate of drug-likeness (QED) is 0.924. The molecule has 1 aliphatic rings. The van der Waals surface area contributed by atoms with Crippen molar-refractivity contribution in [3.63, 3.8) is 0 Å². The molecule has 1 saturated heterocycles. The number of amidine groups is 1. The van der Waals surface area contributed by atoms with Crippen LogP contribution in [0.1, 0.15) is 18.9 Å². The highest BCUT2D eigenvalue weighted by atomic mass is 32.2. The molecule has 1 N–H and O–H groups in total. The Morgan fingerprint density at radius 2 is 2.05 bits per heavy atom. The average molecular weight is 298 g/mol. The van der Waals surface area contributed by atoms with E-state index >= 15 is 0 Å². The van der Waals surface area contributed by atoms with E-state index in [0.29, 0.717) is 17.5 Å². The van der Waals surface area contributed by atoms with E-state index in [1.807, 2.05) is 12.1 Å². The van der Waals surface area contributed by atoms with Gasteiger partial charge in [-0.3, -0.25) is 4.99 Å². The van der Waals surface area contributed by atoms with Crippen LogP contribution >= 0.6 is 11.8 Å². The third kappa shape index (κ3) is 3.98. The normalized spacial score (nSPS) is 21.6. The van der Waals surface area contributed by atoms with Crippen LogP contribution in [0.4, 0.5) is 0 Å². The van der Waals surface area contributed by atoms with Gasteiger partial charge in [0, 0.05) is 18.1 Å². The second kappa shape index (κ2) is 5.96.